The molecule has 3 aromatic rings. The molecule has 8 nitrogen and oxygen atoms in total. The molecule has 2 N–H and O–H groups in total. The second kappa shape index (κ2) is 11.0. The van der Waals surface area contributed by atoms with Gasteiger partial charge >= 0.3 is 0 Å². The van der Waals surface area contributed by atoms with Gasteiger partial charge in [0.2, 0.25) is 0 Å². The molecule has 2 aromatic heterocycles. The number of aliphatic hydroxyl groups excluding tert-OH is 1. The zero-order chi connectivity index (χ0) is 23.3. The normalized spacial score (nSPS) is 12.5. The van der Waals surface area contributed by atoms with Crippen molar-refractivity contribution in [2.24, 2.45) is 0 Å². The number of methoxy groups -OCH3 is 1. The minimum Gasteiger partial charge on any atom is -0.491 e. The number of hydrogen-bond acceptors (Lipinski definition) is 7. The zero-order valence-corrected chi connectivity index (χ0v) is 20.1. The summed E-state index contributed by atoms with van der Waals surface area (Å²) in [6, 6.07) is 7.48. The highest BCUT2D eigenvalue weighted by atomic mass is 35.5. The van der Waals surface area contributed by atoms with E-state index in [0.717, 1.165) is 28.3 Å². The molecular weight excluding hydrogens is 430 g/mol. The van der Waals surface area contributed by atoms with Crippen molar-refractivity contribution >= 4 is 23.1 Å². The van der Waals surface area contributed by atoms with E-state index in [2.05, 4.69) is 29.2 Å². The van der Waals surface area contributed by atoms with Gasteiger partial charge in [-0.3, -0.25) is 0 Å². The summed E-state index contributed by atoms with van der Waals surface area (Å²) in [5.74, 6) is 1.76. The Balaban J connectivity index is 2.04. The van der Waals surface area contributed by atoms with E-state index < -0.39 is 6.10 Å². The number of anilines is 1. The lowest BCUT2D eigenvalue weighted by molar-refractivity contribution is 0.108. The molecule has 1 aromatic carbocycles. The number of ether oxygens (including phenoxy) is 2. The first-order chi connectivity index (χ1) is 15.3. The van der Waals surface area contributed by atoms with Crippen LogP contribution in [0.5, 0.6) is 5.75 Å². The summed E-state index contributed by atoms with van der Waals surface area (Å²) in [6.45, 7) is 6.17. The van der Waals surface area contributed by atoms with Crippen LogP contribution in [0.15, 0.2) is 30.5 Å². The van der Waals surface area contributed by atoms with Crippen LogP contribution in [0.2, 0.25) is 5.02 Å². The maximum atomic E-state index is 9.95. The SMILES string of the molecule is CNC[C@H](O)COc1cc(Cl)cc(-c2cc(N(C)CCOC)n3ncc(C(C)C)c3n2)c1. The predicted molar refractivity (Wildman–Crippen MR) is 128 cm³/mol. The number of hydrogen-bond donors (Lipinski definition) is 2. The number of benzene rings is 1. The van der Waals surface area contributed by atoms with Crippen molar-refractivity contribution in [2.45, 2.75) is 25.9 Å². The van der Waals surface area contributed by atoms with Gasteiger partial charge in [0, 0.05) is 49.5 Å². The molecule has 2 heterocycles. The van der Waals surface area contributed by atoms with Crippen molar-refractivity contribution in [3.8, 4) is 17.0 Å². The molecular formula is C23H32ClN5O3. The molecule has 9 heteroatoms. The van der Waals surface area contributed by atoms with Crippen molar-refractivity contribution in [1.82, 2.24) is 19.9 Å². The van der Waals surface area contributed by atoms with Crippen LogP contribution in [-0.2, 0) is 4.74 Å². The minimum absolute atomic E-state index is 0.165. The number of aliphatic hydroxyl groups is 1. The standard InChI is InChI=1S/C23H32ClN5O3/c1-15(2)20-13-26-29-22(28(4)6-7-31-5)11-21(27-23(20)29)16-8-17(24)10-19(9-16)32-14-18(30)12-25-3/h8-11,13,15,18,25,30H,6-7,12,14H2,1-5H3/t18-/m0/s1. The third kappa shape index (κ3) is 5.69. The van der Waals surface area contributed by atoms with E-state index in [1.165, 1.54) is 0 Å². The van der Waals surface area contributed by atoms with Crippen LogP contribution < -0.4 is 15.0 Å². The Hall–Kier alpha value is -2.39. The monoisotopic (exact) mass is 461 g/mol. The highest BCUT2D eigenvalue weighted by Crippen LogP contribution is 2.32. The van der Waals surface area contributed by atoms with E-state index >= 15 is 0 Å². The lowest BCUT2D eigenvalue weighted by Crippen LogP contribution is -2.29. The van der Waals surface area contributed by atoms with Crippen LogP contribution in [0.3, 0.4) is 0 Å². The zero-order valence-electron chi connectivity index (χ0n) is 19.3. The van der Waals surface area contributed by atoms with Crippen LogP contribution in [0.1, 0.15) is 25.3 Å². The maximum Gasteiger partial charge on any atom is 0.161 e. The number of halogens is 1. The quantitative estimate of drug-likeness (QED) is 0.453. The molecule has 0 saturated heterocycles. The number of aromatic nitrogens is 3. The van der Waals surface area contributed by atoms with E-state index in [4.69, 9.17) is 26.1 Å². The molecule has 0 aliphatic heterocycles. The third-order valence-corrected chi connectivity index (χ3v) is 5.39. The topological polar surface area (TPSA) is 84.1 Å². The van der Waals surface area contributed by atoms with Crippen molar-refractivity contribution in [3.63, 3.8) is 0 Å². The summed E-state index contributed by atoms with van der Waals surface area (Å²) in [7, 11) is 5.47. The molecule has 1 atom stereocenters. The van der Waals surface area contributed by atoms with Crippen LogP contribution in [-0.4, -0.2) is 73.3 Å². The summed E-state index contributed by atoms with van der Waals surface area (Å²) in [5, 5.41) is 18.0. The smallest absolute Gasteiger partial charge is 0.161 e. The van der Waals surface area contributed by atoms with Gasteiger partial charge in [0.15, 0.2) is 5.65 Å². The average Bonchev–Trinajstić information content (AvgIpc) is 3.19. The first-order valence-electron chi connectivity index (χ1n) is 10.7. The minimum atomic E-state index is -0.613. The van der Waals surface area contributed by atoms with E-state index in [1.54, 1.807) is 20.2 Å². The molecule has 0 aliphatic carbocycles. The largest absolute Gasteiger partial charge is 0.491 e. The molecule has 0 radical (unpaired) electrons. The first kappa shape index (κ1) is 24.3. The second-order valence-corrected chi connectivity index (χ2v) is 8.54. The number of nitrogens with one attached hydrogen (secondary N) is 1. The van der Waals surface area contributed by atoms with Gasteiger partial charge in [0.05, 0.1) is 18.5 Å². The average molecular weight is 462 g/mol. The van der Waals surface area contributed by atoms with Crippen molar-refractivity contribution < 1.29 is 14.6 Å². The highest BCUT2D eigenvalue weighted by molar-refractivity contribution is 6.31. The van der Waals surface area contributed by atoms with Gasteiger partial charge in [0.1, 0.15) is 24.3 Å². The number of fused-ring (bicyclic) bond motifs is 1. The van der Waals surface area contributed by atoms with Gasteiger partial charge < -0.3 is 24.8 Å². The Bertz CT molecular complexity index is 1040. The number of likely N-dealkylation sites (N-methyl/N-ethyl adjacent to an activating group) is 2. The summed E-state index contributed by atoms with van der Waals surface area (Å²) >= 11 is 6.40. The Morgan fingerprint density at radius 3 is 2.72 bits per heavy atom. The van der Waals surface area contributed by atoms with E-state index in [0.29, 0.717) is 30.5 Å². The second-order valence-electron chi connectivity index (χ2n) is 8.10. The van der Waals surface area contributed by atoms with Gasteiger partial charge in [-0.15, -0.1) is 0 Å². The third-order valence-electron chi connectivity index (χ3n) is 5.17. The lowest BCUT2D eigenvalue weighted by Gasteiger charge is -2.21. The summed E-state index contributed by atoms with van der Waals surface area (Å²) in [5.41, 5.74) is 3.48. The van der Waals surface area contributed by atoms with Crippen LogP contribution in [0, 0.1) is 0 Å². The van der Waals surface area contributed by atoms with Gasteiger partial charge in [-0.1, -0.05) is 25.4 Å². The van der Waals surface area contributed by atoms with E-state index in [9.17, 15) is 5.11 Å². The molecule has 0 fully saturated rings. The number of rotatable bonds is 11. The van der Waals surface area contributed by atoms with Crippen molar-refractivity contribution in [2.75, 3.05) is 52.4 Å². The summed E-state index contributed by atoms with van der Waals surface area (Å²) < 4.78 is 12.9. The molecule has 32 heavy (non-hydrogen) atoms. The summed E-state index contributed by atoms with van der Waals surface area (Å²) in [6.07, 6.45) is 1.26. The fourth-order valence-electron chi connectivity index (χ4n) is 3.41. The van der Waals surface area contributed by atoms with E-state index in [1.807, 2.05) is 36.0 Å². The van der Waals surface area contributed by atoms with Crippen molar-refractivity contribution in [3.05, 3.63) is 41.0 Å². The van der Waals surface area contributed by atoms with E-state index in [-0.39, 0.29) is 12.5 Å². The predicted octanol–water partition coefficient (Wildman–Crippen LogP) is 3.21. The Labute approximate surface area is 194 Å². The Morgan fingerprint density at radius 1 is 1.25 bits per heavy atom. The first-order valence-corrected chi connectivity index (χ1v) is 11.1. The molecule has 0 saturated carbocycles. The molecule has 0 unspecified atom stereocenters. The van der Waals surface area contributed by atoms with Gasteiger partial charge in [0.25, 0.3) is 0 Å². The molecule has 174 valence electrons. The molecule has 0 bridgehead atoms. The maximum absolute atomic E-state index is 9.95. The van der Waals surface area contributed by atoms with Crippen LogP contribution in [0.25, 0.3) is 16.9 Å². The van der Waals surface area contributed by atoms with Gasteiger partial charge in [-0.2, -0.15) is 9.61 Å². The van der Waals surface area contributed by atoms with Gasteiger partial charge in [-0.05, 0) is 31.2 Å². The van der Waals surface area contributed by atoms with Gasteiger partial charge in [-0.25, -0.2) is 4.98 Å². The number of nitrogens with zero attached hydrogens (tertiary/aromatic N) is 4. The lowest BCUT2D eigenvalue weighted by atomic mass is 10.1. The highest BCUT2D eigenvalue weighted by Gasteiger charge is 2.18. The van der Waals surface area contributed by atoms with Crippen LogP contribution >= 0.6 is 11.6 Å². The van der Waals surface area contributed by atoms with Crippen LogP contribution in [0.4, 0.5) is 5.82 Å². The fraction of sp³-hybridized carbons (Fsp3) is 0.478. The Kier molecular flexibility index (Phi) is 8.31. The summed E-state index contributed by atoms with van der Waals surface area (Å²) in [4.78, 5) is 7.02. The fourth-order valence-corrected chi connectivity index (χ4v) is 3.64. The molecule has 0 amide bonds. The van der Waals surface area contributed by atoms with Crippen molar-refractivity contribution in [1.29, 1.82) is 0 Å². The molecule has 3 rings (SSSR count). The molecule has 0 spiro atoms. The molecule has 0 aliphatic rings. The Morgan fingerprint density at radius 2 is 2.03 bits per heavy atom.